The van der Waals surface area contributed by atoms with Gasteiger partial charge in [0.15, 0.2) is 0 Å². The van der Waals surface area contributed by atoms with E-state index in [2.05, 4.69) is 23.6 Å². The molecule has 1 fully saturated rings. The van der Waals surface area contributed by atoms with E-state index in [1.54, 1.807) is 0 Å². The summed E-state index contributed by atoms with van der Waals surface area (Å²) in [6, 6.07) is 7.96. The number of hydrogen-bond donors (Lipinski definition) is 2. The summed E-state index contributed by atoms with van der Waals surface area (Å²) in [6.07, 6.45) is 2.78. The molecule has 110 valence electrons. The Morgan fingerprint density at radius 2 is 2.25 bits per heavy atom. The van der Waals surface area contributed by atoms with Gasteiger partial charge in [0, 0.05) is 12.2 Å². The van der Waals surface area contributed by atoms with Gasteiger partial charge in [-0.2, -0.15) is 0 Å². The SMILES string of the molecule is CCCNCc1cccc(NC(=O)C2CCC(C)O2)c1. The van der Waals surface area contributed by atoms with Crippen LogP contribution in [-0.2, 0) is 16.1 Å². The first-order chi connectivity index (χ1) is 9.69. The van der Waals surface area contributed by atoms with Crippen molar-refractivity contribution in [3.8, 4) is 0 Å². The molecule has 0 saturated carbocycles. The van der Waals surface area contributed by atoms with Crippen LogP contribution in [0.25, 0.3) is 0 Å². The number of carbonyl (C=O) groups excluding carboxylic acids is 1. The second-order valence-corrected chi connectivity index (χ2v) is 5.38. The zero-order chi connectivity index (χ0) is 14.4. The minimum atomic E-state index is -0.299. The summed E-state index contributed by atoms with van der Waals surface area (Å²) in [5.41, 5.74) is 2.02. The van der Waals surface area contributed by atoms with Crippen LogP contribution in [0.4, 0.5) is 5.69 Å². The topological polar surface area (TPSA) is 50.4 Å². The highest BCUT2D eigenvalue weighted by molar-refractivity contribution is 5.94. The van der Waals surface area contributed by atoms with E-state index in [1.807, 2.05) is 25.1 Å². The highest BCUT2D eigenvalue weighted by Crippen LogP contribution is 2.20. The number of benzene rings is 1. The summed E-state index contributed by atoms with van der Waals surface area (Å²) in [5.74, 6) is -0.0342. The Morgan fingerprint density at radius 1 is 1.40 bits per heavy atom. The highest BCUT2D eigenvalue weighted by Gasteiger charge is 2.28. The number of ether oxygens (including phenoxy) is 1. The zero-order valence-corrected chi connectivity index (χ0v) is 12.3. The summed E-state index contributed by atoms with van der Waals surface area (Å²) in [7, 11) is 0. The molecule has 2 unspecified atom stereocenters. The molecule has 0 aliphatic carbocycles. The average Bonchev–Trinajstić information content (AvgIpc) is 2.86. The zero-order valence-electron chi connectivity index (χ0n) is 12.3. The normalized spacial score (nSPS) is 21.9. The second kappa shape index (κ2) is 7.41. The molecule has 4 heteroatoms. The van der Waals surface area contributed by atoms with E-state index >= 15 is 0 Å². The van der Waals surface area contributed by atoms with Gasteiger partial charge in [0.1, 0.15) is 6.10 Å². The van der Waals surface area contributed by atoms with Crippen molar-refractivity contribution in [2.45, 2.75) is 51.9 Å². The van der Waals surface area contributed by atoms with Crippen LogP contribution in [0.2, 0.25) is 0 Å². The lowest BCUT2D eigenvalue weighted by molar-refractivity contribution is -0.126. The van der Waals surface area contributed by atoms with Gasteiger partial charge in [-0.3, -0.25) is 4.79 Å². The van der Waals surface area contributed by atoms with Gasteiger partial charge in [0.25, 0.3) is 5.91 Å². The Bertz CT molecular complexity index is 448. The summed E-state index contributed by atoms with van der Waals surface area (Å²) >= 11 is 0. The van der Waals surface area contributed by atoms with Crippen LogP contribution in [0.1, 0.15) is 38.7 Å². The van der Waals surface area contributed by atoms with Crippen molar-refractivity contribution in [1.82, 2.24) is 5.32 Å². The maximum absolute atomic E-state index is 12.1. The molecule has 1 aromatic carbocycles. The molecule has 4 nitrogen and oxygen atoms in total. The van der Waals surface area contributed by atoms with Crippen LogP contribution in [0.5, 0.6) is 0 Å². The van der Waals surface area contributed by atoms with Gasteiger partial charge in [0.2, 0.25) is 0 Å². The molecule has 2 N–H and O–H groups in total. The van der Waals surface area contributed by atoms with Crippen LogP contribution in [-0.4, -0.2) is 24.7 Å². The number of anilines is 1. The van der Waals surface area contributed by atoms with Gasteiger partial charge in [0.05, 0.1) is 6.10 Å². The van der Waals surface area contributed by atoms with E-state index in [1.165, 1.54) is 5.56 Å². The van der Waals surface area contributed by atoms with Crippen molar-refractivity contribution in [2.24, 2.45) is 0 Å². The number of rotatable bonds is 6. The van der Waals surface area contributed by atoms with Crippen molar-refractivity contribution in [3.63, 3.8) is 0 Å². The minimum Gasteiger partial charge on any atom is -0.365 e. The number of amides is 1. The molecule has 0 spiro atoms. The quantitative estimate of drug-likeness (QED) is 0.785. The first-order valence-corrected chi connectivity index (χ1v) is 7.45. The van der Waals surface area contributed by atoms with Gasteiger partial charge in [-0.15, -0.1) is 0 Å². The number of carbonyl (C=O) groups is 1. The third-order valence-electron chi connectivity index (χ3n) is 3.47. The van der Waals surface area contributed by atoms with Crippen LogP contribution in [0.3, 0.4) is 0 Å². The molecule has 2 rings (SSSR count). The van der Waals surface area contributed by atoms with Gasteiger partial charge in [-0.1, -0.05) is 19.1 Å². The summed E-state index contributed by atoms with van der Waals surface area (Å²) in [6.45, 7) is 5.98. The smallest absolute Gasteiger partial charge is 0.253 e. The van der Waals surface area contributed by atoms with Crippen LogP contribution in [0.15, 0.2) is 24.3 Å². The molecular formula is C16H24N2O2. The van der Waals surface area contributed by atoms with E-state index in [-0.39, 0.29) is 18.1 Å². The van der Waals surface area contributed by atoms with E-state index in [9.17, 15) is 4.79 Å². The predicted molar refractivity (Wildman–Crippen MR) is 80.6 cm³/mol. The molecule has 1 amide bonds. The van der Waals surface area contributed by atoms with Crippen LogP contribution >= 0.6 is 0 Å². The average molecular weight is 276 g/mol. The van der Waals surface area contributed by atoms with Crippen molar-refractivity contribution in [1.29, 1.82) is 0 Å². The Kier molecular flexibility index (Phi) is 5.56. The van der Waals surface area contributed by atoms with Crippen molar-refractivity contribution in [2.75, 3.05) is 11.9 Å². The molecule has 1 aliphatic heterocycles. The van der Waals surface area contributed by atoms with Crippen molar-refractivity contribution < 1.29 is 9.53 Å². The van der Waals surface area contributed by atoms with Crippen LogP contribution in [0, 0.1) is 0 Å². The second-order valence-electron chi connectivity index (χ2n) is 5.38. The van der Waals surface area contributed by atoms with Crippen LogP contribution < -0.4 is 10.6 Å². The fourth-order valence-electron chi connectivity index (χ4n) is 2.39. The van der Waals surface area contributed by atoms with Gasteiger partial charge in [-0.05, 0) is 50.4 Å². The van der Waals surface area contributed by atoms with Crippen molar-refractivity contribution >= 4 is 11.6 Å². The summed E-state index contributed by atoms with van der Waals surface area (Å²) in [5, 5.41) is 6.30. The van der Waals surface area contributed by atoms with Gasteiger partial charge in [-0.25, -0.2) is 0 Å². The van der Waals surface area contributed by atoms with Gasteiger partial charge >= 0.3 is 0 Å². The van der Waals surface area contributed by atoms with Gasteiger partial charge < -0.3 is 15.4 Å². The van der Waals surface area contributed by atoms with E-state index in [0.29, 0.717) is 0 Å². The van der Waals surface area contributed by atoms with Crippen molar-refractivity contribution in [3.05, 3.63) is 29.8 Å². The van der Waals surface area contributed by atoms with E-state index in [0.717, 1.165) is 38.0 Å². The molecule has 1 aromatic rings. The molecule has 0 aromatic heterocycles. The fourth-order valence-corrected chi connectivity index (χ4v) is 2.39. The molecule has 1 aliphatic rings. The fraction of sp³-hybridized carbons (Fsp3) is 0.562. The van der Waals surface area contributed by atoms with E-state index in [4.69, 9.17) is 4.74 Å². The third-order valence-corrected chi connectivity index (χ3v) is 3.47. The maximum Gasteiger partial charge on any atom is 0.253 e. The number of nitrogens with one attached hydrogen (secondary N) is 2. The molecule has 0 radical (unpaired) electrons. The molecule has 0 bridgehead atoms. The predicted octanol–water partition coefficient (Wildman–Crippen LogP) is 2.69. The molecule has 1 saturated heterocycles. The lowest BCUT2D eigenvalue weighted by atomic mass is 10.1. The lowest BCUT2D eigenvalue weighted by Crippen LogP contribution is -2.27. The summed E-state index contributed by atoms with van der Waals surface area (Å²) in [4.78, 5) is 12.1. The maximum atomic E-state index is 12.1. The largest absolute Gasteiger partial charge is 0.365 e. The molecule has 1 heterocycles. The standard InChI is InChI=1S/C16H24N2O2/c1-3-9-17-11-13-5-4-6-14(10-13)18-16(19)15-8-7-12(2)20-15/h4-6,10,12,15,17H,3,7-9,11H2,1-2H3,(H,18,19). The molecule has 20 heavy (non-hydrogen) atoms. The Balaban J connectivity index is 1.88. The monoisotopic (exact) mass is 276 g/mol. The number of hydrogen-bond acceptors (Lipinski definition) is 3. The van der Waals surface area contributed by atoms with E-state index < -0.39 is 0 Å². The Hall–Kier alpha value is -1.39. The summed E-state index contributed by atoms with van der Waals surface area (Å²) < 4.78 is 5.58. The molecular weight excluding hydrogens is 252 g/mol. The first-order valence-electron chi connectivity index (χ1n) is 7.45. The molecule has 2 atom stereocenters. The Labute approximate surface area is 120 Å². The first kappa shape index (κ1) is 15.0. The third kappa shape index (κ3) is 4.32. The highest BCUT2D eigenvalue weighted by atomic mass is 16.5. The minimum absolute atomic E-state index is 0.0342. The lowest BCUT2D eigenvalue weighted by Gasteiger charge is -2.12. The Morgan fingerprint density at radius 3 is 2.95 bits per heavy atom.